The second kappa shape index (κ2) is 8.81. The SMILES string of the molecule is Cc1oc(-c2ccccc2)nc1CC(=O)Nc1ccccc1C(=O)NCC(F)(F)F. The largest absolute Gasteiger partial charge is 0.441 e. The molecular formula is C21H18F3N3O3. The monoisotopic (exact) mass is 417 g/mol. The van der Waals surface area contributed by atoms with Crippen LogP contribution in [0, 0.1) is 6.92 Å². The van der Waals surface area contributed by atoms with Gasteiger partial charge in [-0.2, -0.15) is 13.2 Å². The third-order valence-electron chi connectivity index (χ3n) is 4.14. The van der Waals surface area contributed by atoms with Gasteiger partial charge in [0.25, 0.3) is 5.91 Å². The van der Waals surface area contributed by atoms with Crippen LogP contribution in [0.3, 0.4) is 0 Å². The number of aryl methyl sites for hydroxylation is 1. The highest BCUT2D eigenvalue weighted by molar-refractivity contribution is 6.04. The van der Waals surface area contributed by atoms with Crippen LogP contribution in [-0.2, 0) is 11.2 Å². The Morgan fingerprint density at radius 3 is 2.40 bits per heavy atom. The quantitative estimate of drug-likeness (QED) is 0.632. The van der Waals surface area contributed by atoms with Crippen molar-refractivity contribution in [1.29, 1.82) is 0 Å². The van der Waals surface area contributed by atoms with E-state index in [1.807, 2.05) is 30.3 Å². The number of amides is 2. The lowest BCUT2D eigenvalue weighted by molar-refractivity contribution is -0.123. The zero-order valence-corrected chi connectivity index (χ0v) is 15.9. The van der Waals surface area contributed by atoms with Gasteiger partial charge in [-0.05, 0) is 31.2 Å². The maximum absolute atomic E-state index is 12.5. The van der Waals surface area contributed by atoms with Crippen LogP contribution >= 0.6 is 0 Å². The number of hydrogen-bond donors (Lipinski definition) is 2. The molecule has 6 nitrogen and oxygen atoms in total. The van der Waals surface area contributed by atoms with Crippen molar-refractivity contribution in [2.75, 3.05) is 11.9 Å². The average Bonchev–Trinajstić information content (AvgIpc) is 3.07. The van der Waals surface area contributed by atoms with E-state index in [9.17, 15) is 22.8 Å². The Bertz CT molecular complexity index is 1050. The van der Waals surface area contributed by atoms with Crippen molar-refractivity contribution in [2.24, 2.45) is 0 Å². The molecule has 0 bridgehead atoms. The van der Waals surface area contributed by atoms with Gasteiger partial charge in [-0.15, -0.1) is 0 Å². The van der Waals surface area contributed by atoms with Crippen LogP contribution in [-0.4, -0.2) is 29.5 Å². The topological polar surface area (TPSA) is 84.2 Å². The predicted molar refractivity (Wildman–Crippen MR) is 104 cm³/mol. The number of benzene rings is 2. The number of nitrogens with zero attached hydrogens (tertiary/aromatic N) is 1. The molecule has 0 unspecified atom stereocenters. The highest BCUT2D eigenvalue weighted by atomic mass is 19.4. The summed E-state index contributed by atoms with van der Waals surface area (Å²) in [5.41, 5.74) is 1.22. The van der Waals surface area contributed by atoms with Crippen molar-refractivity contribution >= 4 is 17.5 Å². The molecule has 1 aromatic heterocycles. The number of carbonyl (C=O) groups is 2. The van der Waals surface area contributed by atoms with E-state index in [0.717, 1.165) is 5.56 Å². The van der Waals surface area contributed by atoms with Crippen LogP contribution in [0.4, 0.5) is 18.9 Å². The van der Waals surface area contributed by atoms with Gasteiger partial charge < -0.3 is 15.1 Å². The molecule has 0 saturated carbocycles. The van der Waals surface area contributed by atoms with Gasteiger partial charge in [0.1, 0.15) is 12.3 Å². The first-order chi connectivity index (χ1) is 14.2. The highest BCUT2D eigenvalue weighted by Crippen LogP contribution is 2.22. The van der Waals surface area contributed by atoms with E-state index in [2.05, 4.69) is 10.3 Å². The molecule has 3 rings (SSSR count). The summed E-state index contributed by atoms with van der Waals surface area (Å²) in [4.78, 5) is 28.9. The molecule has 2 amide bonds. The summed E-state index contributed by atoms with van der Waals surface area (Å²) >= 11 is 0. The average molecular weight is 417 g/mol. The first kappa shape index (κ1) is 21.1. The lowest BCUT2D eigenvalue weighted by atomic mass is 10.1. The maximum atomic E-state index is 12.5. The molecule has 156 valence electrons. The van der Waals surface area contributed by atoms with Gasteiger partial charge in [0, 0.05) is 5.56 Å². The minimum Gasteiger partial charge on any atom is -0.441 e. The number of para-hydroxylation sites is 1. The number of oxazole rings is 1. The summed E-state index contributed by atoms with van der Waals surface area (Å²) in [7, 11) is 0. The molecule has 0 aliphatic rings. The van der Waals surface area contributed by atoms with Gasteiger partial charge in [-0.3, -0.25) is 9.59 Å². The number of anilines is 1. The molecule has 1 heterocycles. The molecule has 0 fully saturated rings. The molecule has 2 aromatic carbocycles. The summed E-state index contributed by atoms with van der Waals surface area (Å²) < 4.78 is 42.7. The molecule has 9 heteroatoms. The molecular weight excluding hydrogens is 399 g/mol. The van der Waals surface area contributed by atoms with Crippen molar-refractivity contribution < 1.29 is 27.2 Å². The molecule has 30 heavy (non-hydrogen) atoms. The Kier molecular flexibility index (Phi) is 6.20. The Balaban J connectivity index is 1.70. The molecule has 0 radical (unpaired) electrons. The van der Waals surface area contributed by atoms with Crippen LogP contribution in [0.15, 0.2) is 59.0 Å². The van der Waals surface area contributed by atoms with Crippen molar-refractivity contribution in [3.8, 4) is 11.5 Å². The third kappa shape index (κ3) is 5.47. The normalized spacial score (nSPS) is 11.2. The second-order valence-electron chi connectivity index (χ2n) is 6.46. The highest BCUT2D eigenvalue weighted by Gasteiger charge is 2.28. The zero-order chi connectivity index (χ0) is 21.7. The number of nitrogens with one attached hydrogen (secondary N) is 2. The first-order valence-electron chi connectivity index (χ1n) is 8.98. The van der Waals surface area contributed by atoms with Gasteiger partial charge in [0.15, 0.2) is 0 Å². The fourth-order valence-electron chi connectivity index (χ4n) is 2.71. The Morgan fingerprint density at radius 1 is 1.03 bits per heavy atom. The van der Waals surface area contributed by atoms with Crippen LogP contribution in [0.25, 0.3) is 11.5 Å². The Labute approximate surface area is 170 Å². The van der Waals surface area contributed by atoms with E-state index in [0.29, 0.717) is 17.3 Å². The van der Waals surface area contributed by atoms with Crippen LogP contribution in [0.1, 0.15) is 21.8 Å². The molecule has 0 spiro atoms. The van der Waals surface area contributed by atoms with Crippen molar-refractivity contribution in [1.82, 2.24) is 10.3 Å². The van der Waals surface area contributed by atoms with Crippen molar-refractivity contribution in [3.63, 3.8) is 0 Å². The Morgan fingerprint density at radius 2 is 1.70 bits per heavy atom. The fraction of sp³-hybridized carbons (Fsp3) is 0.190. The van der Waals surface area contributed by atoms with Gasteiger partial charge >= 0.3 is 6.18 Å². The van der Waals surface area contributed by atoms with E-state index in [1.165, 1.54) is 18.2 Å². The van der Waals surface area contributed by atoms with Crippen molar-refractivity contribution in [3.05, 3.63) is 71.6 Å². The number of hydrogen-bond acceptors (Lipinski definition) is 4. The number of alkyl halides is 3. The van der Waals surface area contributed by atoms with E-state index in [-0.39, 0.29) is 17.7 Å². The number of rotatable bonds is 6. The minimum absolute atomic E-state index is 0.0723. The summed E-state index contributed by atoms with van der Waals surface area (Å²) in [6.07, 6.45) is -4.66. The molecule has 0 aliphatic carbocycles. The van der Waals surface area contributed by atoms with Gasteiger partial charge in [0.05, 0.1) is 23.4 Å². The van der Waals surface area contributed by atoms with E-state index in [1.54, 1.807) is 18.3 Å². The summed E-state index contributed by atoms with van der Waals surface area (Å²) in [5.74, 6) is -0.572. The van der Waals surface area contributed by atoms with E-state index >= 15 is 0 Å². The second-order valence-corrected chi connectivity index (χ2v) is 6.46. The molecule has 0 atom stereocenters. The molecule has 2 N–H and O–H groups in total. The van der Waals surface area contributed by atoms with Gasteiger partial charge in [-0.1, -0.05) is 30.3 Å². The van der Waals surface area contributed by atoms with Gasteiger partial charge in [-0.25, -0.2) is 4.98 Å². The number of carbonyl (C=O) groups excluding carboxylic acids is 2. The number of halogens is 3. The van der Waals surface area contributed by atoms with Crippen LogP contribution in [0.5, 0.6) is 0 Å². The first-order valence-corrected chi connectivity index (χ1v) is 8.98. The van der Waals surface area contributed by atoms with Crippen LogP contribution in [0.2, 0.25) is 0 Å². The molecule has 3 aromatic rings. The summed E-state index contributed by atoms with van der Waals surface area (Å²) in [6, 6.07) is 15.0. The fourth-order valence-corrected chi connectivity index (χ4v) is 2.71. The summed E-state index contributed by atoms with van der Waals surface area (Å²) in [6.45, 7) is 0.217. The van der Waals surface area contributed by atoms with Gasteiger partial charge in [0.2, 0.25) is 11.8 Å². The lowest BCUT2D eigenvalue weighted by Gasteiger charge is -2.12. The predicted octanol–water partition coefficient (Wildman–Crippen LogP) is 4.12. The number of aromatic nitrogens is 1. The van der Waals surface area contributed by atoms with E-state index < -0.39 is 24.5 Å². The summed E-state index contributed by atoms with van der Waals surface area (Å²) in [5, 5.41) is 4.34. The standard InChI is InChI=1S/C21H18F3N3O3/c1-13-17(27-20(30-13)14-7-3-2-4-8-14)11-18(28)26-16-10-6-5-9-15(16)19(29)25-12-21(22,23)24/h2-10H,11-12H2,1H3,(H,25,29)(H,26,28). The van der Waals surface area contributed by atoms with Crippen molar-refractivity contribution in [2.45, 2.75) is 19.5 Å². The lowest BCUT2D eigenvalue weighted by Crippen LogP contribution is -2.34. The Hall–Kier alpha value is -3.62. The zero-order valence-electron chi connectivity index (χ0n) is 15.9. The molecule has 0 saturated heterocycles. The maximum Gasteiger partial charge on any atom is 0.405 e. The minimum atomic E-state index is -4.53. The molecule has 0 aliphatic heterocycles. The van der Waals surface area contributed by atoms with Crippen LogP contribution < -0.4 is 10.6 Å². The smallest absolute Gasteiger partial charge is 0.405 e. The third-order valence-corrected chi connectivity index (χ3v) is 4.14. The van der Waals surface area contributed by atoms with E-state index in [4.69, 9.17) is 4.42 Å².